The molecule has 0 unspecified atom stereocenters. The first-order valence-electron chi connectivity index (χ1n) is 6.51. The predicted molar refractivity (Wildman–Crippen MR) is 81.7 cm³/mol. The minimum absolute atomic E-state index is 0.527. The summed E-state index contributed by atoms with van der Waals surface area (Å²) in [5.74, 6) is 1.82. The van der Waals surface area contributed by atoms with Crippen molar-refractivity contribution in [2.24, 2.45) is 0 Å². The van der Waals surface area contributed by atoms with Gasteiger partial charge in [-0.1, -0.05) is 0 Å². The molecule has 0 amide bonds. The van der Waals surface area contributed by atoms with Gasteiger partial charge in [-0.25, -0.2) is 4.98 Å². The van der Waals surface area contributed by atoms with E-state index in [2.05, 4.69) is 4.98 Å². The van der Waals surface area contributed by atoms with Crippen LogP contribution >= 0.6 is 0 Å². The number of rotatable bonds is 3. The number of fused-ring (bicyclic) bond motifs is 1. The predicted octanol–water partition coefficient (Wildman–Crippen LogP) is 3.40. The summed E-state index contributed by atoms with van der Waals surface area (Å²) < 4.78 is 16.4. The zero-order chi connectivity index (χ0) is 15.0. The van der Waals surface area contributed by atoms with E-state index in [1.807, 2.05) is 31.2 Å². The van der Waals surface area contributed by atoms with Gasteiger partial charge in [-0.05, 0) is 42.8 Å². The van der Waals surface area contributed by atoms with Crippen molar-refractivity contribution in [2.45, 2.75) is 6.92 Å². The second kappa shape index (κ2) is 5.01. The lowest BCUT2D eigenvalue weighted by atomic mass is 10.2. The number of hydrogen-bond donors (Lipinski definition) is 1. The molecule has 108 valence electrons. The van der Waals surface area contributed by atoms with Crippen molar-refractivity contribution in [3.8, 4) is 23.0 Å². The Kier molecular flexibility index (Phi) is 3.17. The summed E-state index contributed by atoms with van der Waals surface area (Å²) in [4.78, 5) is 4.49. The molecule has 0 aliphatic rings. The van der Waals surface area contributed by atoms with Crippen LogP contribution in [0.2, 0.25) is 0 Å². The maximum atomic E-state index is 5.85. The molecule has 5 heteroatoms. The second-order valence-electron chi connectivity index (χ2n) is 4.77. The molecule has 1 aromatic heterocycles. The van der Waals surface area contributed by atoms with Crippen LogP contribution in [0.25, 0.3) is 22.6 Å². The Morgan fingerprint density at radius 2 is 1.81 bits per heavy atom. The molecular formula is C16H16N2O3. The van der Waals surface area contributed by atoms with E-state index < -0.39 is 0 Å². The molecule has 21 heavy (non-hydrogen) atoms. The molecule has 0 radical (unpaired) electrons. The Morgan fingerprint density at radius 1 is 1.05 bits per heavy atom. The van der Waals surface area contributed by atoms with Crippen molar-refractivity contribution < 1.29 is 13.9 Å². The first-order valence-corrected chi connectivity index (χ1v) is 6.51. The van der Waals surface area contributed by atoms with E-state index >= 15 is 0 Å². The lowest BCUT2D eigenvalue weighted by Crippen LogP contribution is -1.90. The number of nitrogen functional groups attached to an aromatic ring is 1. The van der Waals surface area contributed by atoms with Crippen LogP contribution in [-0.2, 0) is 0 Å². The highest BCUT2D eigenvalue weighted by Gasteiger charge is 2.13. The average Bonchev–Trinajstić information content (AvgIpc) is 2.90. The number of nitrogens with zero attached hydrogens (tertiary/aromatic N) is 1. The number of aryl methyl sites for hydroxylation is 1. The standard InChI is InChI=1S/C16H16N2O3/c1-9-6-11(17)8-12-15(9)21-16(18-12)10-4-5-13(19-2)14(7-10)20-3/h4-8H,17H2,1-3H3. The molecule has 0 bridgehead atoms. The Hall–Kier alpha value is -2.69. The molecule has 1 heterocycles. The van der Waals surface area contributed by atoms with Crippen LogP contribution in [0.3, 0.4) is 0 Å². The molecule has 0 spiro atoms. The molecule has 0 aliphatic heterocycles. The molecule has 3 rings (SSSR count). The molecule has 0 atom stereocenters. The van der Waals surface area contributed by atoms with Crippen LogP contribution in [0.5, 0.6) is 11.5 Å². The van der Waals surface area contributed by atoms with E-state index in [9.17, 15) is 0 Å². The molecule has 2 N–H and O–H groups in total. The zero-order valence-electron chi connectivity index (χ0n) is 12.1. The fourth-order valence-corrected chi connectivity index (χ4v) is 2.32. The monoisotopic (exact) mass is 284 g/mol. The number of methoxy groups -OCH3 is 2. The van der Waals surface area contributed by atoms with E-state index in [0.29, 0.717) is 23.1 Å². The van der Waals surface area contributed by atoms with Crippen LogP contribution < -0.4 is 15.2 Å². The minimum atomic E-state index is 0.527. The van der Waals surface area contributed by atoms with Gasteiger partial charge in [-0.3, -0.25) is 0 Å². The van der Waals surface area contributed by atoms with Crippen LogP contribution in [0, 0.1) is 6.92 Å². The fraction of sp³-hybridized carbons (Fsp3) is 0.188. The van der Waals surface area contributed by atoms with Gasteiger partial charge in [-0.2, -0.15) is 0 Å². The first kappa shape index (κ1) is 13.3. The summed E-state index contributed by atoms with van der Waals surface area (Å²) in [5, 5.41) is 0. The lowest BCUT2D eigenvalue weighted by molar-refractivity contribution is 0.355. The third-order valence-electron chi connectivity index (χ3n) is 3.33. The number of nitrogens with two attached hydrogens (primary N) is 1. The number of ether oxygens (including phenoxy) is 2. The molecule has 5 nitrogen and oxygen atoms in total. The number of anilines is 1. The quantitative estimate of drug-likeness (QED) is 0.746. The van der Waals surface area contributed by atoms with Crippen molar-refractivity contribution >= 4 is 16.8 Å². The molecule has 2 aromatic carbocycles. The molecule has 0 fully saturated rings. The summed E-state index contributed by atoms with van der Waals surface area (Å²) in [6, 6.07) is 9.21. The summed E-state index contributed by atoms with van der Waals surface area (Å²) in [5.41, 5.74) is 9.79. The van der Waals surface area contributed by atoms with Crippen LogP contribution in [0.1, 0.15) is 5.56 Å². The highest BCUT2D eigenvalue weighted by molar-refractivity contribution is 5.82. The molecular weight excluding hydrogens is 268 g/mol. The van der Waals surface area contributed by atoms with E-state index in [0.717, 1.165) is 22.2 Å². The molecule has 0 aliphatic carbocycles. The largest absolute Gasteiger partial charge is 0.493 e. The van der Waals surface area contributed by atoms with Crippen LogP contribution in [-0.4, -0.2) is 19.2 Å². The van der Waals surface area contributed by atoms with Gasteiger partial charge in [0.15, 0.2) is 17.1 Å². The number of oxazole rings is 1. The molecule has 0 saturated heterocycles. The number of benzene rings is 2. The van der Waals surface area contributed by atoms with Crippen LogP contribution in [0.4, 0.5) is 5.69 Å². The van der Waals surface area contributed by atoms with E-state index in [1.165, 1.54) is 0 Å². The van der Waals surface area contributed by atoms with Crippen molar-refractivity contribution in [2.75, 3.05) is 20.0 Å². The van der Waals surface area contributed by atoms with Gasteiger partial charge < -0.3 is 19.6 Å². The normalized spacial score (nSPS) is 10.8. The average molecular weight is 284 g/mol. The van der Waals surface area contributed by atoms with Crippen molar-refractivity contribution in [1.29, 1.82) is 0 Å². The van der Waals surface area contributed by atoms with Crippen molar-refractivity contribution in [3.63, 3.8) is 0 Å². The summed E-state index contributed by atoms with van der Waals surface area (Å²) in [6.07, 6.45) is 0. The number of aromatic nitrogens is 1. The summed E-state index contributed by atoms with van der Waals surface area (Å²) in [7, 11) is 3.20. The smallest absolute Gasteiger partial charge is 0.227 e. The highest BCUT2D eigenvalue weighted by Crippen LogP contribution is 2.34. The Morgan fingerprint density at radius 3 is 2.52 bits per heavy atom. The van der Waals surface area contributed by atoms with Crippen molar-refractivity contribution in [3.05, 3.63) is 35.9 Å². The topological polar surface area (TPSA) is 70.5 Å². The zero-order valence-corrected chi connectivity index (χ0v) is 12.1. The maximum absolute atomic E-state index is 5.85. The number of hydrogen-bond acceptors (Lipinski definition) is 5. The minimum Gasteiger partial charge on any atom is -0.493 e. The SMILES string of the molecule is COc1ccc(-c2nc3cc(N)cc(C)c3o2)cc1OC. The summed E-state index contributed by atoms with van der Waals surface area (Å²) >= 11 is 0. The first-order chi connectivity index (χ1) is 10.1. The van der Waals surface area contributed by atoms with Gasteiger partial charge in [0.1, 0.15) is 5.52 Å². The van der Waals surface area contributed by atoms with Gasteiger partial charge in [0.2, 0.25) is 5.89 Å². The third-order valence-corrected chi connectivity index (χ3v) is 3.33. The van der Waals surface area contributed by atoms with Crippen LogP contribution in [0.15, 0.2) is 34.7 Å². The van der Waals surface area contributed by atoms with Gasteiger partial charge >= 0.3 is 0 Å². The molecule has 3 aromatic rings. The second-order valence-corrected chi connectivity index (χ2v) is 4.77. The van der Waals surface area contributed by atoms with Gasteiger partial charge in [-0.15, -0.1) is 0 Å². The van der Waals surface area contributed by atoms with E-state index in [1.54, 1.807) is 20.3 Å². The lowest BCUT2D eigenvalue weighted by Gasteiger charge is -2.07. The highest BCUT2D eigenvalue weighted by atomic mass is 16.5. The van der Waals surface area contributed by atoms with Gasteiger partial charge in [0.05, 0.1) is 14.2 Å². The third kappa shape index (κ3) is 2.27. The van der Waals surface area contributed by atoms with E-state index in [-0.39, 0.29) is 0 Å². The Bertz CT molecular complexity index is 809. The Labute approximate surface area is 122 Å². The molecule has 0 saturated carbocycles. The maximum Gasteiger partial charge on any atom is 0.227 e. The van der Waals surface area contributed by atoms with Gasteiger partial charge in [0.25, 0.3) is 0 Å². The van der Waals surface area contributed by atoms with Gasteiger partial charge in [0, 0.05) is 11.3 Å². The Balaban J connectivity index is 2.14. The van der Waals surface area contributed by atoms with E-state index in [4.69, 9.17) is 19.6 Å². The summed E-state index contributed by atoms with van der Waals surface area (Å²) in [6.45, 7) is 1.95. The fourth-order valence-electron chi connectivity index (χ4n) is 2.32. The van der Waals surface area contributed by atoms with Crippen molar-refractivity contribution in [1.82, 2.24) is 4.98 Å².